The first-order valence-corrected chi connectivity index (χ1v) is 6.58. The average molecular weight is 264 g/mol. The number of likely N-dealkylation sites (tertiary alicyclic amines) is 1. The Morgan fingerprint density at radius 3 is 2.95 bits per heavy atom. The maximum Gasteiger partial charge on any atom is 0.272 e. The van der Waals surface area contributed by atoms with Crippen LogP contribution in [-0.2, 0) is 4.74 Å². The molecule has 1 aromatic heterocycles. The molecular formula is C13H20N4O2. The van der Waals surface area contributed by atoms with Gasteiger partial charge in [0, 0.05) is 25.9 Å². The quantitative estimate of drug-likeness (QED) is 0.626. The Hall–Kier alpha value is -1.66. The number of ether oxygens (including phenoxy) is 1. The van der Waals surface area contributed by atoms with E-state index in [1.807, 2.05) is 11.8 Å². The Morgan fingerprint density at radius 2 is 2.32 bits per heavy atom. The van der Waals surface area contributed by atoms with E-state index in [1.54, 1.807) is 18.3 Å². The van der Waals surface area contributed by atoms with Gasteiger partial charge >= 0.3 is 0 Å². The highest BCUT2D eigenvalue weighted by Gasteiger charge is 2.24. The number of aromatic nitrogens is 1. The van der Waals surface area contributed by atoms with Gasteiger partial charge in [0.1, 0.15) is 5.69 Å². The molecule has 1 fully saturated rings. The Bertz CT molecular complexity index is 430. The zero-order valence-electron chi connectivity index (χ0n) is 11.1. The number of piperidine rings is 1. The molecule has 1 amide bonds. The Kier molecular flexibility index (Phi) is 4.70. The third kappa shape index (κ3) is 3.42. The van der Waals surface area contributed by atoms with E-state index in [9.17, 15) is 4.79 Å². The number of hydrogen-bond donors (Lipinski definition) is 2. The molecule has 6 nitrogen and oxygen atoms in total. The molecule has 3 N–H and O–H groups in total. The predicted molar refractivity (Wildman–Crippen MR) is 72.6 cm³/mol. The van der Waals surface area contributed by atoms with Crippen LogP contribution in [0.2, 0.25) is 0 Å². The molecule has 0 bridgehead atoms. The molecule has 0 unspecified atom stereocenters. The number of nitrogen functional groups attached to an aromatic ring is 1. The first-order valence-electron chi connectivity index (χ1n) is 6.58. The molecule has 1 aliphatic heterocycles. The van der Waals surface area contributed by atoms with Gasteiger partial charge in [-0.2, -0.15) is 0 Å². The fourth-order valence-corrected chi connectivity index (χ4v) is 2.26. The highest BCUT2D eigenvalue weighted by atomic mass is 16.5. The van der Waals surface area contributed by atoms with Crippen LogP contribution in [-0.4, -0.2) is 41.6 Å². The molecule has 1 saturated heterocycles. The molecule has 0 atom stereocenters. The van der Waals surface area contributed by atoms with Gasteiger partial charge < -0.3 is 15.1 Å². The number of hydrazine groups is 1. The number of hydrogen-bond acceptors (Lipinski definition) is 5. The van der Waals surface area contributed by atoms with E-state index in [0.29, 0.717) is 24.5 Å². The smallest absolute Gasteiger partial charge is 0.272 e. The molecule has 0 spiro atoms. The lowest BCUT2D eigenvalue weighted by atomic mass is 10.1. The monoisotopic (exact) mass is 264 g/mol. The van der Waals surface area contributed by atoms with Gasteiger partial charge in [0.15, 0.2) is 0 Å². The van der Waals surface area contributed by atoms with E-state index in [4.69, 9.17) is 10.6 Å². The highest BCUT2D eigenvalue weighted by Crippen LogP contribution is 2.16. The molecule has 0 aliphatic carbocycles. The van der Waals surface area contributed by atoms with Crippen molar-refractivity contribution in [2.45, 2.75) is 25.9 Å². The summed E-state index contributed by atoms with van der Waals surface area (Å²) in [5, 5.41) is 0. The van der Waals surface area contributed by atoms with Gasteiger partial charge in [-0.3, -0.25) is 15.6 Å². The van der Waals surface area contributed by atoms with E-state index in [1.165, 1.54) is 0 Å². The zero-order valence-corrected chi connectivity index (χ0v) is 11.1. The van der Waals surface area contributed by atoms with Crippen LogP contribution in [0.1, 0.15) is 30.3 Å². The van der Waals surface area contributed by atoms with Crippen molar-refractivity contribution in [3.63, 3.8) is 0 Å². The van der Waals surface area contributed by atoms with Crippen molar-refractivity contribution < 1.29 is 9.53 Å². The summed E-state index contributed by atoms with van der Waals surface area (Å²) in [4.78, 5) is 18.2. The lowest BCUT2D eigenvalue weighted by Crippen LogP contribution is -2.41. The number of rotatable bonds is 4. The first kappa shape index (κ1) is 13.8. The van der Waals surface area contributed by atoms with E-state index >= 15 is 0 Å². The fourth-order valence-electron chi connectivity index (χ4n) is 2.26. The standard InChI is InChI=1S/C13H20N4O2/c1-2-19-11-4-7-17(8-5-11)13(18)12-9-10(16-14)3-6-15-12/h3,6,9,11H,2,4-5,7-8,14H2,1H3,(H,15,16). The molecule has 0 aromatic carbocycles. The molecule has 6 heteroatoms. The normalized spacial score (nSPS) is 16.4. The minimum atomic E-state index is -0.0490. The minimum absolute atomic E-state index is 0.0490. The molecule has 1 aliphatic rings. The van der Waals surface area contributed by atoms with E-state index in [2.05, 4.69) is 10.4 Å². The summed E-state index contributed by atoms with van der Waals surface area (Å²) in [5.41, 5.74) is 3.62. The second kappa shape index (κ2) is 6.49. The highest BCUT2D eigenvalue weighted by molar-refractivity contribution is 5.93. The van der Waals surface area contributed by atoms with Gasteiger partial charge in [-0.15, -0.1) is 0 Å². The number of nitrogens with one attached hydrogen (secondary N) is 1. The minimum Gasteiger partial charge on any atom is -0.378 e. The number of anilines is 1. The SMILES string of the molecule is CCOC1CCN(C(=O)c2cc(NN)ccn2)CC1. The van der Waals surface area contributed by atoms with Gasteiger partial charge in [-0.25, -0.2) is 0 Å². The number of nitrogens with two attached hydrogens (primary N) is 1. The third-order valence-corrected chi connectivity index (χ3v) is 3.28. The lowest BCUT2D eigenvalue weighted by Gasteiger charge is -2.31. The van der Waals surface area contributed by atoms with Crippen molar-refractivity contribution in [3.05, 3.63) is 24.0 Å². The molecule has 1 aromatic rings. The molecule has 104 valence electrons. The van der Waals surface area contributed by atoms with Crippen molar-refractivity contribution in [1.82, 2.24) is 9.88 Å². The lowest BCUT2D eigenvalue weighted by molar-refractivity contribution is 0.0144. The zero-order chi connectivity index (χ0) is 13.7. The summed E-state index contributed by atoms with van der Waals surface area (Å²) in [5.74, 6) is 5.28. The van der Waals surface area contributed by atoms with Crippen molar-refractivity contribution >= 4 is 11.6 Å². The maximum absolute atomic E-state index is 12.3. The van der Waals surface area contributed by atoms with Crippen LogP contribution >= 0.6 is 0 Å². The predicted octanol–water partition coefficient (Wildman–Crippen LogP) is 1.01. The molecule has 19 heavy (non-hydrogen) atoms. The summed E-state index contributed by atoms with van der Waals surface area (Å²) in [6.07, 6.45) is 3.62. The topological polar surface area (TPSA) is 80.5 Å². The maximum atomic E-state index is 12.3. The van der Waals surface area contributed by atoms with Crippen LogP contribution in [0.4, 0.5) is 5.69 Å². The fraction of sp³-hybridized carbons (Fsp3) is 0.538. The Labute approximate surface area is 112 Å². The molecule has 2 heterocycles. The summed E-state index contributed by atoms with van der Waals surface area (Å²) in [6, 6.07) is 3.38. The average Bonchev–Trinajstić information content (AvgIpc) is 2.48. The summed E-state index contributed by atoms with van der Waals surface area (Å²) < 4.78 is 5.57. The number of amides is 1. The van der Waals surface area contributed by atoms with Crippen LogP contribution in [0.25, 0.3) is 0 Å². The van der Waals surface area contributed by atoms with Gasteiger partial charge in [0.2, 0.25) is 0 Å². The van der Waals surface area contributed by atoms with Gasteiger partial charge in [0.05, 0.1) is 11.8 Å². The third-order valence-electron chi connectivity index (χ3n) is 3.28. The van der Waals surface area contributed by atoms with Crippen LogP contribution in [0.5, 0.6) is 0 Å². The molecule has 0 saturated carbocycles. The molecular weight excluding hydrogens is 244 g/mol. The van der Waals surface area contributed by atoms with Gasteiger partial charge in [0.25, 0.3) is 5.91 Å². The van der Waals surface area contributed by atoms with Crippen molar-refractivity contribution in [3.8, 4) is 0 Å². The van der Waals surface area contributed by atoms with E-state index in [-0.39, 0.29) is 12.0 Å². The van der Waals surface area contributed by atoms with E-state index in [0.717, 1.165) is 19.4 Å². The van der Waals surface area contributed by atoms with Crippen LogP contribution in [0.15, 0.2) is 18.3 Å². The van der Waals surface area contributed by atoms with Gasteiger partial charge in [-0.05, 0) is 31.9 Å². The second-order valence-corrected chi connectivity index (χ2v) is 4.52. The van der Waals surface area contributed by atoms with Crippen LogP contribution < -0.4 is 11.3 Å². The van der Waals surface area contributed by atoms with Crippen LogP contribution in [0.3, 0.4) is 0 Å². The molecule has 2 rings (SSSR count). The Morgan fingerprint density at radius 1 is 1.58 bits per heavy atom. The summed E-state index contributed by atoms with van der Waals surface area (Å²) in [6.45, 7) is 4.15. The van der Waals surface area contributed by atoms with Crippen molar-refractivity contribution in [2.24, 2.45) is 5.84 Å². The summed E-state index contributed by atoms with van der Waals surface area (Å²) in [7, 11) is 0. The molecule has 0 radical (unpaired) electrons. The number of pyridine rings is 1. The number of carbonyl (C=O) groups excluding carboxylic acids is 1. The second-order valence-electron chi connectivity index (χ2n) is 4.52. The Balaban J connectivity index is 1.97. The first-order chi connectivity index (χ1) is 9.24. The number of nitrogens with zero attached hydrogens (tertiary/aromatic N) is 2. The number of carbonyl (C=O) groups is 1. The van der Waals surface area contributed by atoms with Gasteiger partial charge in [-0.1, -0.05) is 0 Å². The van der Waals surface area contributed by atoms with E-state index < -0.39 is 0 Å². The largest absolute Gasteiger partial charge is 0.378 e. The van der Waals surface area contributed by atoms with Crippen molar-refractivity contribution in [1.29, 1.82) is 0 Å². The van der Waals surface area contributed by atoms with Crippen molar-refractivity contribution in [2.75, 3.05) is 25.1 Å². The summed E-state index contributed by atoms with van der Waals surface area (Å²) >= 11 is 0. The van der Waals surface area contributed by atoms with Crippen LogP contribution in [0, 0.1) is 0 Å².